The number of carbonyl (C=O) groups is 3. The Balaban J connectivity index is 1.57. The van der Waals surface area contributed by atoms with E-state index in [-0.39, 0.29) is 11.3 Å². The van der Waals surface area contributed by atoms with E-state index in [1.165, 1.54) is 12.3 Å². The van der Waals surface area contributed by atoms with E-state index in [1.54, 1.807) is 54.6 Å². The highest BCUT2D eigenvalue weighted by molar-refractivity contribution is 6.40. The van der Waals surface area contributed by atoms with Gasteiger partial charge in [0.25, 0.3) is 5.91 Å². The molecule has 0 fully saturated rings. The monoisotopic (exact) mass is 412 g/mol. The first-order chi connectivity index (χ1) is 15.1. The second-order valence-electron chi connectivity index (χ2n) is 6.31. The summed E-state index contributed by atoms with van der Waals surface area (Å²) in [4.78, 5) is 36.7. The van der Waals surface area contributed by atoms with E-state index in [9.17, 15) is 14.4 Å². The molecule has 3 amide bonds. The van der Waals surface area contributed by atoms with Crippen molar-refractivity contribution in [3.63, 3.8) is 0 Å². The summed E-state index contributed by atoms with van der Waals surface area (Å²) >= 11 is 0. The number of hydrogen-bond acceptors (Lipinski definition) is 4. The van der Waals surface area contributed by atoms with Crippen molar-refractivity contribution in [2.24, 2.45) is 5.10 Å². The summed E-state index contributed by atoms with van der Waals surface area (Å²) in [6.45, 7) is 0. The average molecular weight is 412 g/mol. The first kappa shape index (κ1) is 21.2. The van der Waals surface area contributed by atoms with Gasteiger partial charge in [0, 0.05) is 11.9 Å². The number of hydrazone groups is 1. The molecule has 0 aliphatic carbocycles. The van der Waals surface area contributed by atoms with E-state index in [0.717, 1.165) is 5.56 Å². The number of anilines is 2. The Kier molecular flexibility index (Phi) is 7.43. The molecule has 7 heteroatoms. The Bertz CT molecular complexity index is 1110. The Morgan fingerprint density at radius 3 is 2.10 bits per heavy atom. The van der Waals surface area contributed by atoms with Crippen molar-refractivity contribution in [3.05, 3.63) is 102 Å². The number of nitrogens with one attached hydrogen (secondary N) is 3. The lowest BCUT2D eigenvalue weighted by Crippen LogP contribution is -2.33. The molecular formula is C24H20N4O3. The summed E-state index contributed by atoms with van der Waals surface area (Å²) in [6.07, 6.45) is 4.80. The lowest BCUT2D eigenvalue weighted by atomic mass is 10.1. The maximum atomic E-state index is 12.6. The minimum atomic E-state index is -0.956. The fourth-order valence-electron chi connectivity index (χ4n) is 2.60. The molecule has 0 saturated carbocycles. The van der Waals surface area contributed by atoms with Gasteiger partial charge < -0.3 is 10.6 Å². The van der Waals surface area contributed by atoms with E-state index in [1.807, 2.05) is 36.4 Å². The number of rotatable bonds is 6. The van der Waals surface area contributed by atoms with Crippen molar-refractivity contribution < 1.29 is 14.4 Å². The molecule has 0 bridgehead atoms. The van der Waals surface area contributed by atoms with Gasteiger partial charge in [0.05, 0.1) is 11.3 Å². The topological polar surface area (TPSA) is 99.7 Å². The van der Waals surface area contributed by atoms with Gasteiger partial charge in [0.15, 0.2) is 0 Å². The third-order valence-corrected chi connectivity index (χ3v) is 4.07. The van der Waals surface area contributed by atoms with E-state index in [4.69, 9.17) is 0 Å². The van der Waals surface area contributed by atoms with Gasteiger partial charge in [-0.3, -0.25) is 14.4 Å². The van der Waals surface area contributed by atoms with Gasteiger partial charge in [-0.2, -0.15) is 5.10 Å². The Hall–Kier alpha value is -4.52. The van der Waals surface area contributed by atoms with Crippen molar-refractivity contribution in [2.75, 3.05) is 10.6 Å². The van der Waals surface area contributed by atoms with E-state index in [2.05, 4.69) is 21.2 Å². The number of benzene rings is 3. The maximum absolute atomic E-state index is 12.6. The minimum absolute atomic E-state index is 0.212. The highest BCUT2D eigenvalue weighted by Crippen LogP contribution is 2.17. The average Bonchev–Trinajstić information content (AvgIpc) is 2.80. The van der Waals surface area contributed by atoms with Crippen LogP contribution in [0.4, 0.5) is 11.4 Å². The lowest BCUT2D eigenvalue weighted by Gasteiger charge is -2.11. The number of amides is 3. The van der Waals surface area contributed by atoms with Gasteiger partial charge in [-0.25, -0.2) is 5.43 Å². The van der Waals surface area contributed by atoms with Gasteiger partial charge in [-0.05, 0) is 35.9 Å². The lowest BCUT2D eigenvalue weighted by molar-refractivity contribution is -0.136. The molecule has 31 heavy (non-hydrogen) atoms. The van der Waals surface area contributed by atoms with Crippen LogP contribution >= 0.6 is 0 Å². The van der Waals surface area contributed by atoms with Crippen LogP contribution in [0.25, 0.3) is 6.08 Å². The highest BCUT2D eigenvalue weighted by Gasteiger charge is 2.17. The zero-order chi connectivity index (χ0) is 21.9. The Morgan fingerprint density at radius 1 is 0.710 bits per heavy atom. The maximum Gasteiger partial charge on any atom is 0.329 e. The molecule has 0 unspecified atom stereocenters. The number of hydrogen-bond donors (Lipinski definition) is 3. The SMILES string of the molecule is O=C(N/N=C/C=C/c1ccccc1)C(=O)Nc1ccccc1C(=O)Nc1ccccc1. The Morgan fingerprint density at radius 2 is 1.35 bits per heavy atom. The van der Waals surface area contributed by atoms with Crippen LogP contribution in [0.15, 0.2) is 96.1 Å². The molecule has 0 heterocycles. The molecular weight excluding hydrogens is 392 g/mol. The van der Waals surface area contributed by atoms with E-state index < -0.39 is 17.7 Å². The molecule has 0 spiro atoms. The molecule has 3 aromatic carbocycles. The van der Waals surface area contributed by atoms with Crippen LogP contribution in [0.3, 0.4) is 0 Å². The molecule has 0 saturated heterocycles. The molecule has 3 N–H and O–H groups in total. The first-order valence-corrected chi connectivity index (χ1v) is 9.45. The largest absolute Gasteiger partial charge is 0.329 e. The van der Waals surface area contributed by atoms with Crippen molar-refractivity contribution in [1.29, 1.82) is 0 Å². The molecule has 0 atom stereocenters. The van der Waals surface area contributed by atoms with Crippen LogP contribution < -0.4 is 16.1 Å². The first-order valence-electron chi connectivity index (χ1n) is 9.45. The third-order valence-electron chi connectivity index (χ3n) is 4.07. The summed E-state index contributed by atoms with van der Waals surface area (Å²) in [5.41, 5.74) is 4.17. The van der Waals surface area contributed by atoms with Crippen LogP contribution in [0, 0.1) is 0 Å². The highest BCUT2D eigenvalue weighted by atomic mass is 16.2. The zero-order valence-electron chi connectivity index (χ0n) is 16.5. The summed E-state index contributed by atoms with van der Waals surface area (Å²) in [5, 5.41) is 8.89. The van der Waals surface area contributed by atoms with E-state index in [0.29, 0.717) is 5.69 Å². The number of nitrogens with zero attached hydrogens (tertiary/aromatic N) is 1. The molecule has 0 aliphatic rings. The van der Waals surface area contributed by atoms with Gasteiger partial charge in [-0.15, -0.1) is 0 Å². The van der Waals surface area contributed by atoms with Gasteiger partial charge >= 0.3 is 11.8 Å². The van der Waals surface area contributed by atoms with Crippen molar-refractivity contribution >= 4 is 41.4 Å². The third kappa shape index (κ3) is 6.50. The Labute approximate surface area is 179 Å². The number of carbonyl (C=O) groups excluding carboxylic acids is 3. The fourth-order valence-corrected chi connectivity index (χ4v) is 2.60. The minimum Gasteiger partial charge on any atom is -0.322 e. The molecule has 3 aromatic rings. The molecule has 0 aliphatic heterocycles. The van der Waals surface area contributed by atoms with Crippen molar-refractivity contribution in [3.8, 4) is 0 Å². The molecule has 154 valence electrons. The second-order valence-corrected chi connectivity index (χ2v) is 6.31. The predicted octanol–water partition coefficient (Wildman–Crippen LogP) is 3.69. The molecule has 0 aromatic heterocycles. The molecule has 0 radical (unpaired) electrons. The van der Waals surface area contributed by atoms with Crippen LogP contribution in [0.2, 0.25) is 0 Å². The molecule has 7 nitrogen and oxygen atoms in total. The quantitative estimate of drug-likeness (QED) is 0.327. The number of allylic oxidation sites excluding steroid dienone is 1. The van der Waals surface area contributed by atoms with E-state index >= 15 is 0 Å². The van der Waals surface area contributed by atoms with Crippen LogP contribution in [0.1, 0.15) is 15.9 Å². The van der Waals surface area contributed by atoms with Gasteiger partial charge in [0.2, 0.25) is 0 Å². The summed E-state index contributed by atoms with van der Waals surface area (Å²) in [5.74, 6) is -2.31. The van der Waals surface area contributed by atoms with Gasteiger partial charge in [0.1, 0.15) is 0 Å². The summed E-state index contributed by atoms with van der Waals surface area (Å²) in [6, 6.07) is 24.9. The van der Waals surface area contributed by atoms with Crippen molar-refractivity contribution in [2.45, 2.75) is 0 Å². The molecule has 3 rings (SSSR count). The fraction of sp³-hybridized carbons (Fsp3) is 0. The smallest absolute Gasteiger partial charge is 0.322 e. The standard InChI is InChI=1S/C24H20N4O3/c29-22(26-19-13-5-2-6-14-19)20-15-7-8-16-21(20)27-23(30)24(31)28-25-17-9-12-18-10-3-1-4-11-18/h1-17H,(H,26,29)(H,27,30)(H,28,31)/b12-9+,25-17+. The van der Waals surface area contributed by atoms with Gasteiger partial charge in [-0.1, -0.05) is 66.7 Å². The van der Waals surface area contributed by atoms with Crippen LogP contribution in [-0.4, -0.2) is 23.9 Å². The second kappa shape index (κ2) is 10.9. The van der Waals surface area contributed by atoms with Crippen LogP contribution in [0.5, 0.6) is 0 Å². The summed E-state index contributed by atoms with van der Waals surface area (Å²) < 4.78 is 0. The van der Waals surface area contributed by atoms with Crippen LogP contribution in [-0.2, 0) is 9.59 Å². The predicted molar refractivity (Wildman–Crippen MR) is 122 cm³/mol. The summed E-state index contributed by atoms with van der Waals surface area (Å²) in [7, 11) is 0. The number of para-hydroxylation sites is 2. The normalized spacial score (nSPS) is 10.7. The zero-order valence-corrected chi connectivity index (χ0v) is 16.5. The van der Waals surface area contributed by atoms with Crippen molar-refractivity contribution in [1.82, 2.24) is 5.43 Å².